The Balaban J connectivity index is 1.37. The monoisotopic (exact) mass is 527 g/mol. The molecule has 1 fully saturated rings. The van der Waals surface area contributed by atoms with Crippen molar-refractivity contribution in [2.75, 3.05) is 18.4 Å². The van der Waals surface area contributed by atoms with Crippen molar-refractivity contribution in [1.82, 2.24) is 15.5 Å². The zero-order valence-corrected chi connectivity index (χ0v) is 21.1. The molecule has 3 amide bonds. The number of benzene rings is 3. The average molecular weight is 528 g/mol. The number of carboxylic acid groups (broad SMARTS) is 1. The Hall–Kier alpha value is -4.88. The minimum Gasteiger partial charge on any atom is -0.508 e. The number of anilines is 1. The molecule has 1 heterocycles. The molecule has 5 N–H and O–H groups in total. The van der Waals surface area contributed by atoms with Crippen LogP contribution >= 0.6 is 0 Å². The Morgan fingerprint density at radius 1 is 0.974 bits per heavy atom. The fraction of sp³-hybridized carbons (Fsp3) is 0.241. The summed E-state index contributed by atoms with van der Waals surface area (Å²) in [4.78, 5) is 39.3. The number of nitriles is 1. The number of amides is 3. The topological polar surface area (TPSA) is 155 Å². The van der Waals surface area contributed by atoms with Crippen LogP contribution in [0.2, 0.25) is 0 Å². The van der Waals surface area contributed by atoms with E-state index in [4.69, 9.17) is 10.4 Å². The highest BCUT2D eigenvalue weighted by atomic mass is 16.4. The van der Waals surface area contributed by atoms with Crippen molar-refractivity contribution < 1.29 is 24.6 Å². The summed E-state index contributed by atoms with van der Waals surface area (Å²) in [5, 5.41) is 36.0. The molecular weight excluding hydrogens is 498 g/mol. The molecule has 0 spiro atoms. The van der Waals surface area contributed by atoms with Crippen LogP contribution in [0.5, 0.6) is 5.75 Å². The van der Waals surface area contributed by atoms with Gasteiger partial charge in [0.05, 0.1) is 17.2 Å². The van der Waals surface area contributed by atoms with E-state index in [0.29, 0.717) is 24.3 Å². The lowest BCUT2D eigenvalue weighted by atomic mass is 10.0. The van der Waals surface area contributed by atoms with Gasteiger partial charge < -0.3 is 26.2 Å². The number of rotatable bonds is 9. The molecule has 0 saturated carbocycles. The number of urea groups is 1. The third kappa shape index (κ3) is 7.80. The van der Waals surface area contributed by atoms with E-state index < -0.39 is 18.0 Å². The molecule has 1 saturated heterocycles. The number of hydrogen-bond donors (Lipinski definition) is 5. The molecule has 1 aliphatic heterocycles. The Morgan fingerprint density at radius 3 is 2.28 bits per heavy atom. The quantitative estimate of drug-likeness (QED) is 0.286. The van der Waals surface area contributed by atoms with Crippen LogP contribution in [-0.4, -0.2) is 58.2 Å². The van der Waals surface area contributed by atoms with E-state index in [-0.39, 0.29) is 29.7 Å². The van der Waals surface area contributed by atoms with Gasteiger partial charge >= 0.3 is 12.0 Å². The predicted octanol–water partition coefficient (Wildman–Crippen LogP) is 3.09. The summed E-state index contributed by atoms with van der Waals surface area (Å²) in [5.41, 5.74) is 2.93. The zero-order valence-electron chi connectivity index (χ0n) is 21.1. The molecule has 10 nitrogen and oxygen atoms in total. The number of aromatic hydroxyl groups is 1. The Kier molecular flexibility index (Phi) is 8.76. The molecule has 200 valence electrons. The van der Waals surface area contributed by atoms with Crippen molar-refractivity contribution in [1.29, 1.82) is 5.26 Å². The molecule has 0 unspecified atom stereocenters. The second-order valence-electron chi connectivity index (χ2n) is 9.44. The van der Waals surface area contributed by atoms with E-state index >= 15 is 0 Å². The molecule has 10 heteroatoms. The first-order chi connectivity index (χ1) is 18.8. The summed E-state index contributed by atoms with van der Waals surface area (Å²) < 4.78 is 0. The van der Waals surface area contributed by atoms with Gasteiger partial charge in [0.15, 0.2) is 0 Å². The van der Waals surface area contributed by atoms with Gasteiger partial charge in [-0.2, -0.15) is 5.26 Å². The molecule has 0 radical (unpaired) electrons. The molecule has 0 aromatic heterocycles. The molecule has 2 atom stereocenters. The van der Waals surface area contributed by atoms with Gasteiger partial charge in [0.25, 0.3) is 0 Å². The minimum atomic E-state index is -1.07. The lowest BCUT2D eigenvalue weighted by Crippen LogP contribution is -2.52. The summed E-state index contributed by atoms with van der Waals surface area (Å²) in [6.07, 6.45) is 0.967. The van der Waals surface area contributed by atoms with Gasteiger partial charge in [-0.3, -0.25) is 9.69 Å². The first kappa shape index (κ1) is 27.2. The van der Waals surface area contributed by atoms with Crippen LogP contribution < -0.4 is 16.0 Å². The van der Waals surface area contributed by atoms with Crippen molar-refractivity contribution in [3.8, 4) is 11.8 Å². The lowest BCUT2D eigenvalue weighted by Gasteiger charge is -2.22. The fourth-order valence-corrected chi connectivity index (χ4v) is 4.44. The van der Waals surface area contributed by atoms with Gasteiger partial charge in [0.2, 0.25) is 5.91 Å². The third-order valence-corrected chi connectivity index (χ3v) is 6.50. The highest BCUT2D eigenvalue weighted by Crippen LogP contribution is 2.16. The summed E-state index contributed by atoms with van der Waals surface area (Å²) >= 11 is 0. The first-order valence-electron chi connectivity index (χ1n) is 12.5. The number of nitrogens with zero attached hydrogens (tertiary/aromatic N) is 2. The van der Waals surface area contributed by atoms with Crippen LogP contribution in [0.4, 0.5) is 10.5 Å². The maximum atomic E-state index is 13.3. The highest BCUT2D eigenvalue weighted by molar-refractivity contribution is 5.94. The van der Waals surface area contributed by atoms with Crippen molar-refractivity contribution in [2.24, 2.45) is 0 Å². The van der Waals surface area contributed by atoms with E-state index in [0.717, 1.165) is 24.1 Å². The smallest absolute Gasteiger partial charge is 0.335 e. The van der Waals surface area contributed by atoms with Gasteiger partial charge in [0.1, 0.15) is 11.8 Å². The Morgan fingerprint density at radius 2 is 1.64 bits per heavy atom. The molecule has 0 bridgehead atoms. The normalized spacial score (nSPS) is 15.6. The largest absolute Gasteiger partial charge is 0.508 e. The lowest BCUT2D eigenvalue weighted by molar-refractivity contribution is -0.123. The fourth-order valence-electron chi connectivity index (χ4n) is 4.44. The van der Waals surface area contributed by atoms with Crippen molar-refractivity contribution in [3.05, 3.63) is 95.1 Å². The maximum Gasteiger partial charge on any atom is 0.335 e. The van der Waals surface area contributed by atoms with Crippen molar-refractivity contribution in [2.45, 2.75) is 31.5 Å². The van der Waals surface area contributed by atoms with E-state index in [9.17, 15) is 19.5 Å². The van der Waals surface area contributed by atoms with E-state index in [1.807, 2.05) is 12.1 Å². The number of likely N-dealkylation sites (tertiary alicyclic amines) is 1. The Labute approximate surface area is 225 Å². The maximum absolute atomic E-state index is 13.3. The van der Waals surface area contributed by atoms with E-state index in [2.05, 4.69) is 26.9 Å². The van der Waals surface area contributed by atoms with Gasteiger partial charge in [-0.05, 0) is 66.1 Å². The zero-order chi connectivity index (χ0) is 27.8. The second-order valence-corrected chi connectivity index (χ2v) is 9.44. The average Bonchev–Trinajstić information content (AvgIpc) is 3.36. The first-order valence-corrected chi connectivity index (χ1v) is 12.5. The van der Waals surface area contributed by atoms with Crippen molar-refractivity contribution >= 4 is 23.6 Å². The second kappa shape index (κ2) is 12.6. The SMILES string of the molecule is N#Cc1ccc(CN2CC[C@H](NC(=O)[C@H](Cc3ccc(O)cc3)NC(=O)Nc3ccc(C(=O)O)cc3)C2)cc1. The third-order valence-electron chi connectivity index (χ3n) is 6.50. The van der Waals surface area contributed by atoms with Gasteiger partial charge in [0, 0.05) is 37.8 Å². The van der Waals surface area contributed by atoms with Crippen molar-refractivity contribution in [3.63, 3.8) is 0 Å². The molecule has 3 aromatic rings. The number of carbonyl (C=O) groups excluding carboxylic acids is 2. The highest BCUT2D eigenvalue weighted by Gasteiger charge is 2.28. The number of hydrogen-bond acceptors (Lipinski definition) is 6. The van der Waals surface area contributed by atoms with Crippen LogP contribution in [0.3, 0.4) is 0 Å². The van der Waals surface area contributed by atoms with Crippen LogP contribution in [0.25, 0.3) is 0 Å². The number of nitrogens with one attached hydrogen (secondary N) is 3. The minimum absolute atomic E-state index is 0.0911. The summed E-state index contributed by atoms with van der Waals surface area (Å²) in [6.45, 7) is 2.16. The predicted molar refractivity (Wildman–Crippen MR) is 144 cm³/mol. The van der Waals surface area contributed by atoms with Gasteiger partial charge in [-0.15, -0.1) is 0 Å². The standard InChI is InChI=1S/C29H29N5O5/c30-16-20-1-3-21(4-2-20)17-34-14-13-24(18-34)31-27(36)26(15-19-5-11-25(35)12-6-19)33-29(39)32-23-9-7-22(8-10-23)28(37)38/h1-12,24,26,35H,13-15,17-18H2,(H,31,36)(H,37,38)(H2,32,33,39)/t24-,26-/m0/s1. The molecule has 0 aliphatic carbocycles. The van der Waals surface area contributed by atoms with Crippen LogP contribution in [0.15, 0.2) is 72.8 Å². The molecular formula is C29H29N5O5. The number of phenolic OH excluding ortho intramolecular Hbond substituents is 1. The number of phenols is 1. The number of aromatic carboxylic acids is 1. The van der Waals surface area contributed by atoms with E-state index in [1.54, 1.807) is 24.3 Å². The number of carbonyl (C=O) groups is 3. The summed E-state index contributed by atoms with van der Waals surface area (Å²) in [7, 11) is 0. The molecule has 39 heavy (non-hydrogen) atoms. The Bertz CT molecular complexity index is 1350. The van der Waals surface area contributed by atoms with E-state index in [1.165, 1.54) is 36.4 Å². The number of carboxylic acids is 1. The summed E-state index contributed by atoms with van der Waals surface area (Å²) in [6, 6.07) is 20.1. The van der Waals surface area contributed by atoms with Crippen LogP contribution in [0, 0.1) is 11.3 Å². The summed E-state index contributed by atoms with van der Waals surface area (Å²) in [5.74, 6) is -1.30. The van der Waals surface area contributed by atoms with Crippen LogP contribution in [0.1, 0.15) is 33.5 Å². The van der Waals surface area contributed by atoms with Crippen LogP contribution in [-0.2, 0) is 17.8 Å². The van der Waals surface area contributed by atoms with Gasteiger partial charge in [-0.1, -0.05) is 24.3 Å². The molecule has 1 aliphatic rings. The molecule has 3 aromatic carbocycles. The van der Waals surface area contributed by atoms with Gasteiger partial charge in [-0.25, -0.2) is 9.59 Å². The molecule has 4 rings (SSSR count).